The van der Waals surface area contributed by atoms with E-state index in [-0.39, 0.29) is 18.6 Å². The second-order valence-corrected chi connectivity index (χ2v) is 9.74. The lowest BCUT2D eigenvalue weighted by Crippen LogP contribution is -2.36. The van der Waals surface area contributed by atoms with Crippen LogP contribution < -0.4 is 0 Å². The van der Waals surface area contributed by atoms with Gasteiger partial charge in [-0.05, 0) is 73.4 Å². The van der Waals surface area contributed by atoms with Crippen LogP contribution in [0.4, 0.5) is 0 Å². The number of esters is 1. The summed E-state index contributed by atoms with van der Waals surface area (Å²) < 4.78 is 8.05. The lowest BCUT2D eigenvalue weighted by molar-refractivity contribution is -0.156. The molecule has 1 aromatic heterocycles. The molecule has 1 aliphatic carbocycles. The van der Waals surface area contributed by atoms with Crippen LogP contribution in [-0.4, -0.2) is 21.6 Å². The van der Waals surface area contributed by atoms with Crippen LogP contribution in [0.15, 0.2) is 42.5 Å². The number of imidazole rings is 1. The van der Waals surface area contributed by atoms with Gasteiger partial charge in [0.15, 0.2) is 0 Å². The Hall–Kier alpha value is -2.33. The third-order valence-corrected chi connectivity index (χ3v) is 7.03. The predicted octanol–water partition coefficient (Wildman–Crippen LogP) is 6.67. The van der Waals surface area contributed by atoms with Gasteiger partial charge in [0, 0.05) is 10.6 Å². The molecule has 3 aromatic rings. The maximum atomic E-state index is 13.1. The minimum absolute atomic E-state index is 0.00716. The highest BCUT2D eigenvalue weighted by molar-refractivity contribution is 6.31. The molecule has 4 rings (SSSR count). The average molecular weight is 439 g/mol. The molecule has 0 saturated heterocycles. The first-order chi connectivity index (χ1) is 14.8. The SMILES string of the molecule is Cc1cc(-c2nc3ccccc3n2CC(=O)O[C@@H]2C[C@H](C)CC[C@H]2C(C)C)ccc1Cl. The van der Waals surface area contributed by atoms with E-state index in [9.17, 15) is 4.79 Å². The zero-order chi connectivity index (χ0) is 22.1. The standard InChI is InChI=1S/C26H31ClN2O2/c1-16(2)20-11-9-17(3)13-24(20)31-25(30)15-29-23-8-6-5-7-22(23)28-26(29)19-10-12-21(27)18(4)14-19/h5-8,10,12,14,16-17,20,24H,9,11,13,15H2,1-4H3/t17-,20+,24-/m1/s1. The fraction of sp³-hybridized carbons (Fsp3) is 0.462. The van der Waals surface area contributed by atoms with Crippen molar-refractivity contribution in [3.05, 3.63) is 53.1 Å². The van der Waals surface area contributed by atoms with Crippen molar-refractivity contribution in [1.29, 1.82) is 0 Å². The largest absolute Gasteiger partial charge is 0.461 e. The van der Waals surface area contributed by atoms with Crippen molar-refractivity contribution in [2.75, 3.05) is 0 Å². The van der Waals surface area contributed by atoms with Crippen LogP contribution in [0.1, 0.15) is 45.6 Å². The Morgan fingerprint density at radius 1 is 1.23 bits per heavy atom. The highest BCUT2D eigenvalue weighted by Gasteiger charge is 2.33. The summed E-state index contributed by atoms with van der Waals surface area (Å²) in [6.45, 7) is 8.83. The van der Waals surface area contributed by atoms with E-state index >= 15 is 0 Å². The van der Waals surface area contributed by atoms with E-state index < -0.39 is 0 Å². The highest BCUT2D eigenvalue weighted by Crippen LogP contribution is 2.35. The van der Waals surface area contributed by atoms with Crippen LogP contribution in [0.25, 0.3) is 22.4 Å². The number of hydrogen-bond donors (Lipinski definition) is 0. The maximum Gasteiger partial charge on any atom is 0.326 e. The van der Waals surface area contributed by atoms with Gasteiger partial charge in [0.25, 0.3) is 0 Å². The number of nitrogens with zero attached hydrogens (tertiary/aromatic N) is 2. The molecule has 5 heteroatoms. The van der Waals surface area contributed by atoms with E-state index in [2.05, 4.69) is 20.8 Å². The lowest BCUT2D eigenvalue weighted by atomic mass is 9.75. The number of carbonyl (C=O) groups is 1. The van der Waals surface area contributed by atoms with Gasteiger partial charge in [-0.15, -0.1) is 0 Å². The minimum atomic E-state index is -0.195. The molecule has 2 aromatic carbocycles. The van der Waals surface area contributed by atoms with E-state index in [0.717, 1.165) is 45.8 Å². The van der Waals surface area contributed by atoms with Crippen molar-refractivity contribution < 1.29 is 9.53 Å². The van der Waals surface area contributed by atoms with Gasteiger partial charge in [-0.2, -0.15) is 0 Å². The summed E-state index contributed by atoms with van der Waals surface area (Å²) >= 11 is 6.23. The molecule has 0 bridgehead atoms. The van der Waals surface area contributed by atoms with E-state index in [1.165, 1.54) is 6.42 Å². The quantitative estimate of drug-likeness (QED) is 0.418. The molecule has 4 nitrogen and oxygen atoms in total. The van der Waals surface area contributed by atoms with E-state index in [0.29, 0.717) is 17.8 Å². The third-order valence-electron chi connectivity index (χ3n) is 6.60. The molecule has 0 amide bonds. The fourth-order valence-electron chi connectivity index (χ4n) is 4.83. The van der Waals surface area contributed by atoms with E-state index in [1.54, 1.807) is 0 Å². The van der Waals surface area contributed by atoms with Crippen molar-refractivity contribution >= 4 is 28.6 Å². The van der Waals surface area contributed by atoms with Crippen LogP contribution >= 0.6 is 11.6 Å². The number of carbonyl (C=O) groups excluding carboxylic acids is 1. The summed E-state index contributed by atoms with van der Waals surface area (Å²) in [6, 6.07) is 13.8. The first kappa shape index (κ1) is 21.9. The zero-order valence-corrected chi connectivity index (χ0v) is 19.5. The summed E-state index contributed by atoms with van der Waals surface area (Å²) in [5.41, 5.74) is 3.72. The Bertz CT molecular complexity index is 1090. The van der Waals surface area contributed by atoms with Crippen molar-refractivity contribution in [3.8, 4) is 11.4 Å². The molecule has 31 heavy (non-hydrogen) atoms. The molecule has 164 valence electrons. The summed E-state index contributed by atoms with van der Waals surface area (Å²) in [4.78, 5) is 17.9. The second kappa shape index (κ2) is 9.04. The molecule has 0 spiro atoms. The summed E-state index contributed by atoms with van der Waals surface area (Å²) in [5, 5.41) is 0.719. The molecule has 0 aliphatic heterocycles. The van der Waals surface area contributed by atoms with Gasteiger partial charge >= 0.3 is 5.97 Å². The Labute approximate surface area is 189 Å². The minimum Gasteiger partial charge on any atom is -0.461 e. The Kier molecular flexibility index (Phi) is 6.38. The van der Waals surface area contributed by atoms with Gasteiger partial charge in [0.1, 0.15) is 18.5 Å². The molecule has 1 saturated carbocycles. The average Bonchev–Trinajstić information content (AvgIpc) is 3.08. The first-order valence-corrected chi connectivity index (χ1v) is 11.6. The normalized spacial score (nSPS) is 21.5. The number of benzene rings is 2. The molecule has 0 N–H and O–H groups in total. The first-order valence-electron chi connectivity index (χ1n) is 11.2. The zero-order valence-electron chi connectivity index (χ0n) is 18.8. The number of ether oxygens (including phenoxy) is 1. The molecular formula is C26H31ClN2O2. The topological polar surface area (TPSA) is 44.1 Å². The Morgan fingerprint density at radius 3 is 2.74 bits per heavy atom. The van der Waals surface area contributed by atoms with Crippen molar-refractivity contribution in [3.63, 3.8) is 0 Å². The van der Waals surface area contributed by atoms with Gasteiger partial charge < -0.3 is 9.30 Å². The monoisotopic (exact) mass is 438 g/mol. The molecule has 1 aliphatic rings. The number of aromatic nitrogens is 2. The molecule has 0 radical (unpaired) electrons. The summed E-state index contributed by atoms with van der Waals surface area (Å²) in [7, 11) is 0. The van der Waals surface area contributed by atoms with E-state index in [1.807, 2.05) is 54.0 Å². The van der Waals surface area contributed by atoms with Gasteiger partial charge in [0.2, 0.25) is 0 Å². The summed E-state index contributed by atoms with van der Waals surface area (Å²) in [5.74, 6) is 2.09. The number of hydrogen-bond acceptors (Lipinski definition) is 3. The second-order valence-electron chi connectivity index (χ2n) is 9.33. The van der Waals surface area contributed by atoms with Crippen LogP contribution in [-0.2, 0) is 16.1 Å². The van der Waals surface area contributed by atoms with Gasteiger partial charge in [-0.3, -0.25) is 4.79 Å². The maximum absolute atomic E-state index is 13.1. The Balaban J connectivity index is 1.64. The fourth-order valence-corrected chi connectivity index (χ4v) is 4.94. The van der Waals surface area contributed by atoms with Gasteiger partial charge in [0.05, 0.1) is 11.0 Å². The molecule has 0 unspecified atom stereocenters. The molecular weight excluding hydrogens is 408 g/mol. The van der Waals surface area contributed by atoms with Crippen LogP contribution in [0.3, 0.4) is 0 Å². The van der Waals surface area contributed by atoms with Gasteiger partial charge in [-0.1, -0.05) is 50.9 Å². The predicted molar refractivity (Wildman–Crippen MR) is 126 cm³/mol. The number of aryl methyl sites for hydroxylation is 1. The van der Waals surface area contributed by atoms with Crippen LogP contribution in [0.2, 0.25) is 5.02 Å². The van der Waals surface area contributed by atoms with Crippen LogP contribution in [0, 0.1) is 24.7 Å². The third kappa shape index (κ3) is 4.64. The molecule has 1 heterocycles. The summed E-state index contributed by atoms with van der Waals surface area (Å²) in [6.07, 6.45) is 3.28. The van der Waals surface area contributed by atoms with Crippen molar-refractivity contribution in [2.24, 2.45) is 17.8 Å². The van der Waals surface area contributed by atoms with E-state index in [4.69, 9.17) is 21.3 Å². The number of rotatable bonds is 5. The number of halogens is 1. The Morgan fingerprint density at radius 2 is 2.00 bits per heavy atom. The smallest absolute Gasteiger partial charge is 0.326 e. The number of fused-ring (bicyclic) bond motifs is 1. The van der Waals surface area contributed by atoms with Crippen LogP contribution in [0.5, 0.6) is 0 Å². The lowest BCUT2D eigenvalue weighted by Gasteiger charge is -2.36. The number of para-hydroxylation sites is 2. The van der Waals surface area contributed by atoms with Crippen molar-refractivity contribution in [1.82, 2.24) is 9.55 Å². The van der Waals surface area contributed by atoms with Gasteiger partial charge in [-0.25, -0.2) is 4.98 Å². The highest BCUT2D eigenvalue weighted by atomic mass is 35.5. The molecule has 1 fully saturated rings. The van der Waals surface area contributed by atoms with Crippen molar-refractivity contribution in [2.45, 2.75) is 59.6 Å². The molecule has 3 atom stereocenters.